The normalized spacial score (nSPS) is 10.6. The number of hydrogen-bond donors (Lipinski definition) is 1. The number of carbonyl (C=O) groups is 1. The average Bonchev–Trinajstić information content (AvgIpc) is 2.58. The minimum atomic E-state index is -0.445. The molecule has 1 aromatic rings. The van der Waals surface area contributed by atoms with E-state index in [2.05, 4.69) is 28.9 Å². The maximum absolute atomic E-state index is 11.3. The van der Waals surface area contributed by atoms with E-state index < -0.39 is 5.97 Å². The van der Waals surface area contributed by atoms with Crippen molar-refractivity contribution in [1.29, 1.82) is 0 Å². The zero-order valence-electron chi connectivity index (χ0n) is 9.54. The first kappa shape index (κ1) is 13.3. The lowest BCUT2D eigenvalue weighted by Crippen LogP contribution is -2.04. The quantitative estimate of drug-likeness (QED) is 0.829. The molecule has 0 spiro atoms. The fourth-order valence-electron chi connectivity index (χ4n) is 1.06. The van der Waals surface area contributed by atoms with E-state index in [0.29, 0.717) is 15.9 Å². The molecule has 0 fully saturated rings. The Morgan fingerprint density at radius 3 is 2.88 bits per heavy atom. The molecule has 6 heteroatoms. The van der Waals surface area contributed by atoms with Gasteiger partial charge in [0.2, 0.25) is 0 Å². The molecule has 0 aliphatic heterocycles. The summed E-state index contributed by atoms with van der Waals surface area (Å²) in [7, 11) is 1.32. The van der Waals surface area contributed by atoms with Crippen LogP contribution in [0, 0.1) is 5.92 Å². The number of ether oxygens (including phenoxy) is 1. The van der Waals surface area contributed by atoms with E-state index in [4.69, 9.17) is 11.6 Å². The van der Waals surface area contributed by atoms with Gasteiger partial charge in [-0.05, 0) is 12.3 Å². The van der Waals surface area contributed by atoms with Crippen molar-refractivity contribution in [2.45, 2.75) is 20.3 Å². The maximum atomic E-state index is 11.3. The van der Waals surface area contributed by atoms with Crippen LogP contribution in [0.3, 0.4) is 0 Å². The van der Waals surface area contributed by atoms with E-state index in [9.17, 15) is 4.79 Å². The number of nitrogens with zero attached hydrogens (tertiary/aromatic N) is 1. The fraction of sp³-hybridized carbons (Fsp3) is 0.600. The zero-order chi connectivity index (χ0) is 12.1. The Hall–Kier alpha value is -0.810. The average molecular weight is 263 g/mol. The van der Waals surface area contributed by atoms with Crippen LogP contribution >= 0.6 is 22.9 Å². The third-order valence-electron chi connectivity index (χ3n) is 1.95. The van der Waals surface area contributed by atoms with Gasteiger partial charge in [-0.2, -0.15) is 0 Å². The summed E-state index contributed by atoms with van der Waals surface area (Å²) in [6.45, 7) is 5.12. The van der Waals surface area contributed by atoms with Gasteiger partial charge in [0.25, 0.3) is 0 Å². The third kappa shape index (κ3) is 3.64. The summed E-state index contributed by atoms with van der Waals surface area (Å²) in [5.74, 6) is 0.183. The number of carbonyl (C=O) groups excluding carboxylic acids is 1. The number of esters is 1. The summed E-state index contributed by atoms with van der Waals surface area (Å²) in [5.41, 5.74) is 0. The second kappa shape index (κ2) is 6.06. The number of rotatable bonds is 5. The highest BCUT2D eigenvalue weighted by Gasteiger charge is 2.16. The number of halogens is 1. The number of hydrogen-bond acceptors (Lipinski definition) is 5. The van der Waals surface area contributed by atoms with Gasteiger partial charge in [0.15, 0.2) is 15.2 Å². The lowest BCUT2D eigenvalue weighted by atomic mass is 10.1. The summed E-state index contributed by atoms with van der Waals surface area (Å²) in [5, 5.41) is 3.99. The SMILES string of the molecule is COC(=O)c1sc(NCCC(C)C)nc1Cl. The van der Waals surface area contributed by atoms with Gasteiger partial charge in [-0.15, -0.1) is 0 Å². The van der Waals surface area contributed by atoms with Crippen LogP contribution < -0.4 is 5.32 Å². The Kier molecular flexibility index (Phi) is 5.02. The van der Waals surface area contributed by atoms with Crippen LogP contribution in [0.4, 0.5) is 5.13 Å². The molecule has 0 bridgehead atoms. The first-order valence-corrected chi connectivity index (χ1v) is 6.22. The molecular formula is C10H15ClN2O2S. The second-order valence-corrected chi connectivity index (χ2v) is 5.10. The predicted octanol–water partition coefficient (Wildman–Crippen LogP) is 3.04. The molecule has 16 heavy (non-hydrogen) atoms. The van der Waals surface area contributed by atoms with Gasteiger partial charge in [0.1, 0.15) is 0 Å². The Bertz CT molecular complexity index is 366. The van der Waals surface area contributed by atoms with E-state index in [1.54, 1.807) is 0 Å². The molecule has 0 aliphatic carbocycles. The zero-order valence-corrected chi connectivity index (χ0v) is 11.1. The number of thiazole rings is 1. The Labute approximate surface area is 104 Å². The van der Waals surface area contributed by atoms with E-state index in [-0.39, 0.29) is 5.15 Å². The molecule has 1 aromatic heterocycles. The van der Waals surface area contributed by atoms with E-state index in [1.165, 1.54) is 18.4 Å². The van der Waals surface area contributed by atoms with Crippen LogP contribution in [-0.2, 0) is 4.74 Å². The molecule has 90 valence electrons. The van der Waals surface area contributed by atoms with Crippen molar-refractivity contribution in [3.63, 3.8) is 0 Å². The van der Waals surface area contributed by atoms with Crippen LogP contribution in [-0.4, -0.2) is 24.6 Å². The minimum absolute atomic E-state index is 0.198. The molecule has 4 nitrogen and oxygen atoms in total. The topological polar surface area (TPSA) is 51.2 Å². The summed E-state index contributed by atoms with van der Waals surface area (Å²) < 4.78 is 4.59. The Morgan fingerprint density at radius 2 is 2.31 bits per heavy atom. The highest BCUT2D eigenvalue weighted by molar-refractivity contribution is 7.18. The van der Waals surface area contributed by atoms with Crippen molar-refractivity contribution in [2.75, 3.05) is 19.0 Å². The first-order valence-electron chi connectivity index (χ1n) is 5.03. The first-order chi connectivity index (χ1) is 7.54. The third-order valence-corrected chi connectivity index (χ3v) is 3.33. The predicted molar refractivity (Wildman–Crippen MR) is 66.4 cm³/mol. The van der Waals surface area contributed by atoms with Crippen molar-refractivity contribution in [1.82, 2.24) is 4.98 Å². The highest BCUT2D eigenvalue weighted by Crippen LogP contribution is 2.27. The number of aromatic nitrogens is 1. The monoisotopic (exact) mass is 262 g/mol. The summed E-state index contributed by atoms with van der Waals surface area (Å²) in [6, 6.07) is 0. The molecule has 0 aliphatic rings. The van der Waals surface area contributed by atoms with Crippen LogP contribution in [0.15, 0.2) is 0 Å². The van der Waals surface area contributed by atoms with Gasteiger partial charge >= 0.3 is 5.97 Å². The van der Waals surface area contributed by atoms with Gasteiger partial charge < -0.3 is 10.1 Å². The number of methoxy groups -OCH3 is 1. The highest BCUT2D eigenvalue weighted by atomic mass is 35.5. The Balaban J connectivity index is 2.59. The standard InChI is InChI=1S/C10H15ClN2O2S/c1-6(2)4-5-12-10-13-8(11)7(16-10)9(14)15-3/h6H,4-5H2,1-3H3,(H,12,13). The van der Waals surface area contributed by atoms with E-state index >= 15 is 0 Å². The van der Waals surface area contributed by atoms with Crippen LogP contribution in [0.5, 0.6) is 0 Å². The van der Waals surface area contributed by atoms with Crippen molar-refractivity contribution < 1.29 is 9.53 Å². The minimum Gasteiger partial charge on any atom is -0.465 e. The molecule has 0 aromatic carbocycles. The smallest absolute Gasteiger partial charge is 0.351 e. The molecule has 0 amide bonds. The van der Waals surface area contributed by atoms with Crippen LogP contribution in [0.1, 0.15) is 29.9 Å². The van der Waals surface area contributed by atoms with Gasteiger partial charge in [0.05, 0.1) is 7.11 Å². The fourth-order valence-corrected chi connectivity index (χ4v) is 2.19. The Morgan fingerprint density at radius 1 is 1.62 bits per heavy atom. The molecule has 0 radical (unpaired) electrons. The largest absolute Gasteiger partial charge is 0.465 e. The van der Waals surface area contributed by atoms with Crippen molar-refractivity contribution in [2.24, 2.45) is 5.92 Å². The number of nitrogens with one attached hydrogen (secondary N) is 1. The molecular weight excluding hydrogens is 248 g/mol. The molecule has 0 saturated carbocycles. The van der Waals surface area contributed by atoms with Crippen LogP contribution in [0.2, 0.25) is 5.15 Å². The van der Waals surface area contributed by atoms with Crippen molar-refractivity contribution in [3.8, 4) is 0 Å². The molecule has 1 rings (SSSR count). The van der Waals surface area contributed by atoms with Crippen molar-refractivity contribution >= 4 is 34.0 Å². The lowest BCUT2D eigenvalue weighted by Gasteiger charge is -2.04. The van der Waals surface area contributed by atoms with E-state index in [1.807, 2.05) is 0 Å². The number of anilines is 1. The van der Waals surface area contributed by atoms with Gasteiger partial charge in [-0.1, -0.05) is 36.8 Å². The van der Waals surface area contributed by atoms with Gasteiger partial charge in [-0.3, -0.25) is 0 Å². The molecule has 0 unspecified atom stereocenters. The summed E-state index contributed by atoms with van der Waals surface area (Å²) >= 11 is 7.03. The van der Waals surface area contributed by atoms with Gasteiger partial charge in [-0.25, -0.2) is 9.78 Å². The molecule has 1 heterocycles. The lowest BCUT2D eigenvalue weighted by molar-refractivity contribution is 0.0606. The van der Waals surface area contributed by atoms with Crippen molar-refractivity contribution in [3.05, 3.63) is 10.0 Å². The van der Waals surface area contributed by atoms with Gasteiger partial charge in [0, 0.05) is 6.54 Å². The molecule has 0 atom stereocenters. The van der Waals surface area contributed by atoms with Crippen LogP contribution in [0.25, 0.3) is 0 Å². The summed E-state index contributed by atoms with van der Waals surface area (Å²) in [6.07, 6.45) is 1.05. The second-order valence-electron chi connectivity index (χ2n) is 3.74. The molecule has 0 saturated heterocycles. The summed E-state index contributed by atoms with van der Waals surface area (Å²) in [4.78, 5) is 15.7. The molecule has 1 N–H and O–H groups in total. The maximum Gasteiger partial charge on any atom is 0.351 e. The van der Waals surface area contributed by atoms with E-state index in [0.717, 1.165) is 13.0 Å².